The van der Waals surface area contributed by atoms with Gasteiger partial charge in [-0.2, -0.15) is 0 Å². The van der Waals surface area contributed by atoms with Crippen molar-refractivity contribution in [3.63, 3.8) is 0 Å². The number of carboxylic acid groups (broad SMARTS) is 1. The number of anilines is 3. The lowest BCUT2D eigenvalue weighted by molar-refractivity contribution is -0.120. The van der Waals surface area contributed by atoms with Gasteiger partial charge in [-0.15, -0.1) is 0 Å². The molecule has 0 fully saturated rings. The minimum Gasteiger partial charge on any atom is -0.478 e. The molecule has 10 heteroatoms. The lowest BCUT2D eigenvalue weighted by Gasteiger charge is -2.16. The summed E-state index contributed by atoms with van der Waals surface area (Å²) in [7, 11) is 0. The standard InChI is InChI=1S/C25H17Cl2N3O5/c1-13-5-6-15(22(31)28-17-9-7-14(8-10-17)25(34)35)11-19(13)29-21-20(27)23(32)30(24(21)33)18-4-2-3-16(26)12-18/h2-12,29H,1H3,(H,28,31)(H,34,35). The Bertz CT molecular complexity index is 1420. The Morgan fingerprint density at radius 2 is 1.57 bits per heavy atom. The van der Waals surface area contributed by atoms with Gasteiger partial charge in [0.05, 0.1) is 11.3 Å². The van der Waals surface area contributed by atoms with Crippen LogP contribution >= 0.6 is 23.2 Å². The molecule has 1 aliphatic heterocycles. The topological polar surface area (TPSA) is 116 Å². The number of hydrogen-bond donors (Lipinski definition) is 3. The van der Waals surface area contributed by atoms with Crippen LogP contribution in [-0.2, 0) is 9.59 Å². The fraction of sp³-hybridized carbons (Fsp3) is 0.0400. The van der Waals surface area contributed by atoms with Crippen LogP contribution in [-0.4, -0.2) is 28.8 Å². The van der Waals surface area contributed by atoms with E-state index >= 15 is 0 Å². The molecule has 1 heterocycles. The van der Waals surface area contributed by atoms with Crippen LogP contribution in [0.1, 0.15) is 26.3 Å². The van der Waals surface area contributed by atoms with Gasteiger partial charge in [-0.05, 0) is 67.1 Å². The molecule has 0 saturated heterocycles. The van der Waals surface area contributed by atoms with Gasteiger partial charge in [0, 0.05) is 22.0 Å². The minimum absolute atomic E-state index is 0.0950. The third-order valence-electron chi connectivity index (χ3n) is 5.24. The molecule has 3 aromatic rings. The predicted octanol–water partition coefficient (Wildman–Crippen LogP) is 5.03. The van der Waals surface area contributed by atoms with Crippen molar-refractivity contribution in [2.45, 2.75) is 6.92 Å². The third-order valence-corrected chi connectivity index (χ3v) is 5.83. The van der Waals surface area contributed by atoms with E-state index in [1.54, 1.807) is 37.3 Å². The number of aromatic carboxylic acids is 1. The van der Waals surface area contributed by atoms with Gasteiger partial charge >= 0.3 is 5.97 Å². The maximum atomic E-state index is 13.0. The normalized spacial score (nSPS) is 13.3. The lowest BCUT2D eigenvalue weighted by Crippen LogP contribution is -2.32. The molecule has 35 heavy (non-hydrogen) atoms. The predicted molar refractivity (Wildman–Crippen MR) is 133 cm³/mol. The Hall–Kier alpha value is -4.14. The molecular formula is C25H17Cl2N3O5. The molecule has 0 aromatic heterocycles. The molecular weight excluding hydrogens is 493 g/mol. The minimum atomic E-state index is -1.07. The van der Waals surface area contributed by atoms with Crippen LogP contribution in [0, 0.1) is 6.92 Å². The summed E-state index contributed by atoms with van der Waals surface area (Å²) in [6.45, 7) is 1.76. The number of carbonyl (C=O) groups excluding carboxylic acids is 3. The Labute approximate surface area is 209 Å². The highest BCUT2D eigenvalue weighted by Crippen LogP contribution is 2.32. The number of imide groups is 1. The van der Waals surface area contributed by atoms with Crippen LogP contribution in [0.15, 0.2) is 77.5 Å². The SMILES string of the molecule is Cc1ccc(C(=O)Nc2ccc(C(=O)O)cc2)cc1NC1=C(Cl)C(=O)N(c2cccc(Cl)c2)C1=O. The summed E-state index contributed by atoms with van der Waals surface area (Å²) in [6, 6.07) is 16.8. The second kappa shape index (κ2) is 9.61. The fourth-order valence-electron chi connectivity index (χ4n) is 3.39. The van der Waals surface area contributed by atoms with Crippen molar-refractivity contribution in [3.8, 4) is 0 Å². The lowest BCUT2D eigenvalue weighted by atomic mass is 10.1. The highest BCUT2D eigenvalue weighted by atomic mass is 35.5. The maximum Gasteiger partial charge on any atom is 0.335 e. The van der Waals surface area contributed by atoms with Gasteiger partial charge in [-0.1, -0.05) is 35.3 Å². The Morgan fingerprint density at radius 3 is 2.23 bits per heavy atom. The molecule has 1 aliphatic rings. The summed E-state index contributed by atoms with van der Waals surface area (Å²) in [5.41, 5.74) is 2.03. The first-order valence-corrected chi connectivity index (χ1v) is 11.0. The first-order valence-electron chi connectivity index (χ1n) is 10.2. The van der Waals surface area contributed by atoms with E-state index in [1.807, 2.05) is 0 Å². The van der Waals surface area contributed by atoms with Crippen molar-refractivity contribution in [2.75, 3.05) is 15.5 Å². The van der Waals surface area contributed by atoms with Crippen molar-refractivity contribution in [1.82, 2.24) is 0 Å². The summed E-state index contributed by atoms with van der Waals surface area (Å²) in [5, 5.41) is 14.6. The Balaban J connectivity index is 1.56. The summed E-state index contributed by atoms with van der Waals surface area (Å²) < 4.78 is 0. The molecule has 4 rings (SSSR count). The summed E-state index contributed by atoms with van der Waals surface area (Å²) in [6.07, 6.45) is 0. The molecule has 0 unspecified atom stereocenters. The number of halogens is 2. The maximum absolute atomic E-state index is 13.0. The second-order valence-corrected chi connectivity index (χ2v) is 8.42. The fourth-order valence-corrected chi connectivity index (χ4v) is 3.79. The van der Waals surface area contributed by atoms with E-state index in [-0.39, 0.29) is 27.5 Å². The number of nitrogens with zero attached hydrogens (tertiary/aromatic N) is 1. The van der Waals surface area contributed by atoms with Crippen LogP contribution in [0.2, 0.25) is 5.02 Å². The highest BCUT2D eigenvalue weighted by molar-refractivity contribution is 6.53. The van der Waals surface area contributed by atoms with E-state index in [4.69, 9.17) is 28.3 Å². The van der Waals surface area contributed by atoms with Crippen LogP contribution < -0.4 is 15.5 Å². The zero-order valence-corrected chi connectivity index (χ0v) is 19.6. The van der Waals surface area contributed by atoms with E-state index in [2.05, 4.69) is 10.6 Å². The molecule has 0 bridgehead atoms. The van der Waals surface area contributed by atoms with Crippen molar-refractivity contribution in [3.05, 3.63) is 99.2 Å². The monoisotopic (exact) mass is 509 g/mol. The Kier molecular flexibility index (Phi) is 6.59. The zero-order chi connectivity index (χ0) is 25.3. The number of rotatable bonds is 6. The van der Waals surface area contributed by atoms with Gasteiger partial charge < -0.3 is 15.7 Å². The van der Waals surface area contributed by atoms with Crippen LogP contribution in [0.3, 0.4) is 0 Å². The quantitative estimate of drug-likeness (QED) is 0.401. The molecule has 0 spiro atoms. The van der Waals surface area contributed by atoms with Gasteiger partial charge in [0.1, 0.15) is 10.7 Å². The highest BCUT2D eigenvalue weighted by Gasteiger charge is 2.39. The molecule has 0 saturated carbocycles. The second-order valence-electron chi connectivity index (χ2n) is 7.61. The Morgan fingerprint density at radius 1 is 0.886 bits per heavy atom. The first-order chi connectivity index (χ1) is 16.7. The number of hydrogen-bond acceptors (Lipinski definition) is 5. The average molecular weight is 510 g/mol. The largest absolute Gasteiger partial charge is 0.478 e. The molecule has 176 valence electrons. The number of benzene rings is 3. The van der Waals surface area contributed by atoms with Crippen LogP contribution in [0.5, 0.6) is 0 Å². The van der Waals surface area contributed by atoms with Crippen molar-refractivity contribution >= 4 is 64.0 Å². The van der Waals surface area contributed by atoms with Gasteiger partial charge in [0.25, 0.3) is 17.7 Å². The van der Waals surface area contributed by atoms with E-state index in [1.165, 1.54) is 36.4 Å². The molecule has 8 nitrogen and oxygen atoms in total. The summed E-state index contributed by atoms with van der Waals surface area (Å²) in [5.74, 6) is -2.88. The summed E-state index contributed by atoms with van der Waals surface area (Å²) in [4.78, 5) is 50.4. The molecule has 3 N–H and O–H groups in total. The van der Waals surface area contributed by atoms with E-state index < -0.39 is 23.7 Å². The molecule has 0 atom stereocenters. The first kappa shape index (κ1) is 24.0. The van der Waals surface area contributed by atoms with E-state index in [0.29, 0.717) is 22.0 Å². The number of amides is 3. The van der Waals surface area contributed by atoms with Crippen molar-refractivity contribution in [2.24, 2.45) is 0 Å². The third kappa shape index (κ3) is 4.89. The molecule has 0 radical (unpaired) electrons. The van der Waals surface area contributed by atoms with E-state index in [9.17, 15) is 19.2 Å². The van der Waals surface area contributed by atoms with Crippen molar-refractivity contribution in [1.29, 1.82) is 0 Å². The molecule has 0 aliphatic carbocycles. The van der Waals surface area contributed by atoms with Crippen LogP contribution in [0.25, 0.3) is 0 Å². The van der Waals surface area contributed by atoms with Crippen molar-refractivity contribution < 1.29 is 24.3 Å². The number of carboxylic acids is 1. The molecule has 3 aromatic carbocycles. The molecule has 3 amide bonds. The van der Waals surface area contributed by atoms with E-state index in [0.717, 1.165) is 4.90 Å². The number of aryl methyl sites for hydroxylation is 1. The average Bonchev–Trinajstić information content (AvgIpc) is 3.03. The van der Waals surface area contributed by atoms with Crippen LogP contribution in [0.4, 0.5) is 17.1 Å². The van der Waals surface area contributed by atoms with Gasteiger partial charge in [0.15, 0.2) is 0 Å². The van der Waals surface area contributed by atoms with Gasteiger partial charge in [0.2, 0.25) is 0 Å². The number of carbonyl (C=O) groups is 4. The smallest absolute Gasteiger partial charge is 0.335 e. The van der Waals surface area contributed by atoms with Gasteiger partial charge in [-0.3, -0.25) is 14.4 Å². The number of nitrogens with one attached hydrogen (secondary N) is 2. The van der Waals surface area contributed by atoms with Gasteiger partial charge in [-0.25, -0.2) is 9.69 Å². The summed E-state index contributed by atoms with van der Waals surface area (Å²) >= 11 is 12.2. The zero-order valence-electron chi connectivity index (χ0n) is 18.1.